The van der Waals surface area contributed by atoms with Gasteiger partial charge in [-0.3, -0.25) is 0 Å². The number of rotatable bonds is 4. The number of benzene rings is 2. The van der Waals surface area contributed by atoms with E-state index in [1.807, 2.05) is 6.07 Å². The SMILES string of the molecule is CCNC(c1ccc(F)c(Cl)c1)c1cccc(C)c1C. The summed E-state index contributed by atoms with van der Waals surface area (Å²) in [4.78, 5) is 0. The summed E-state index contributed by atoms with van der Waals surface area (Å²) in [6, 6.07) is 11.2. The molecule has 1 unspecified atom stereocenters. The van der Waals surface area contributed by atoms with Gasteiger partial charge in [-0.2, -0.15) is 0 Å². The van der Waals surface area contributed by atoms with Gasteiger partial charge in [-0.1, -0.05) is 42.8 Å². The summed E-state index contributed by atoms with van der Waals surface area (Å²) >= 11 is 5.91. The van der Waals surface area contributed by atoms with E-state index in [1.54, 1.807) is 12.1 Å². The van der Waals surface area contributed by atoms with Crippen LogP contribution in [0.3, 0.4) is 0 Å². The maximum Gasteiger partial charge on any atom is 0.141 e. The predicted octanol–water partition coefficient (Wildman–Crippen LogP) is 4.79. The third-order valence-corrected chi connectivity index (χ3v) is 3.93. The zero-order chi connectivity index (χ0) is 14.7. The molecule has 1 N–H and O–H groups in total. The van der Waals surface area contributed by atoms with Crippen molar-refractivity contribution in [3.63, 3.8) is 0 Å². The Morgan fingerprint density at radius 2 is 1.95 bits per heavy atom. The van der Waals surface area contributed by atoms with Gasteiger partial charge < -0.3 is 5.32 Å². The van der Waals surface area contributed by atoms with Crippen LogP contribution >= 0.6 is 11.6 Å². The summed E-state index contributed by atoms with van der Waals surface area (Å²) in [6.07, 6.45) is 0. The minimum atomic E-state index is -0.383. The number of nitrogens with one attached hydrogen (secondary N) is 1. The lowest BCUT2D eigenvalue weighted by Crippen LogP contribution is -2.23. The van der Waals surface area contributed by atoms with Gasteiger partial charge in [0.15, 0.2) is 0 Å². The summed E-state index contributed by atoms with van der Waals surface area (Å²) in [5, 5.41) is 3.61. The van der Waals surface area contributed by atoms with Crippen LogP contribution in [0.4, 0.5) is 4.39 Å². The van der Waals surface area contributed by atoms with Crippen LogP contribution in [0.5, 0.6) is 0 Å². The van der Waals surface area contributed by atoms with Crippen LogP contribution in [0.25, 0.3) is 0 Å². The van der Waals surface area contributed by atoms with Crippen molar-refractivity contribution in [2.24, 2.45) is 0 Å². The first-order chi connectivity index (χ1) is 9.54. The Balaban J connectivity index is 2.50. The van der Waals surface area contributed by atoms with Gasteiger partial charge in [0.1, 0.15) is 5.82 Å². The predicted molar refractivity (Wildman–Crippen MR) is 82.8 cm³/mol. The molecule has 0 fully saturated rings. The number of hydrogen-bond donors (Lipinski definition) is 1. The molecule has 2 rings (SSSR count). The smallest absolute Gasteiger partial charge is 0.141 e. The van der Waals surface area contributed by atoms with Gasteiger partial charge in [-0.05, 0) is 54.8 Å². The normalized spacial score (nSPS) is 12.4. The Hall–Kier alpha value is -1.38. The van der Waals surface area contributed by atoms with Gasteiger partial charge in [0, 0.05) is 0 Å². The molecule has 1 atom stereocenters. The van der Waals surface area contributed by atoms with Crippen molar-refractivity contribution < 1.29 is 4.39 Å². The Morgan fingerprint density at radius 1 is 1.20 bits per heavy atom. The fourth-order valence-corrected chi connectivity index (χ4v) is 2.58. The highest BCUT2D eigenvalue weighted by molar-refractivity contribution is 6.30. The van der Waals surface area contributed by atoms with E-state index in [0.717, 1.165) is 12.1 Å². The lowest BCUT2D eigenvalue weighted by atomic mass is 9.92. The Bertz CT molecular complexity index is 610. The molecule has 2 aromatic carbocycles. The fraction of sp³-hybridized carbons (Fsp3) is 0.294. The Kier molecular flexibility index (Phi) is 4.79. The Labute approximate surface area is 124 Å². The molecule has 2 aromatic rings. The highest BCUT2D eigenvalue weighted by atomic mass is 35.5. The molecule has 0 saturated carbocycles. The summed E-state index contributed by atoms with van der Waals surface area (Å²) in [5.41, 5.74) is 4.68. The van der Waals surface area contributed by atoms with Crippen molar-refractivity contribution in [1.29, 1.82) is 0 Å². The summed E-state index contributed by atoms with van der Waals surface area (Å²) in [5.74, 6) is -0.383. The summed E-state index contributed by atoms with van der Waals surface area (Å²) in [7, 11) is 0. The molecular weight excluding hydrogens is 273 g/mol. The van der Waals surface area contributed by atoms with E-state index in [9.17, 15) is 4.39 Å². The van der Waals surface area contributed by atoms with Crippen LogP contribution in [0.15, 0.2) is 36.4 Å². The average molecular weight is 292 g/mol. The van der Waals surface area contributed by atoms with Crippen LogP contribution in [-0.4, -0.2) is 6.54 Å². The lowest BCUT2D eigenvalue weighted by molar-refractivity contribution is 0.612. The molecule has 106 valence electrons. The van der Waals surface area contributed by atoms with E-state index in [4.69, 9.17) is 11.6 Å². The maximum atomic E-state index is 13.3. The lowest BCUT2D eigenvalue weighted by Gasteiger charge is -2.22. The van der Waals surface area contributed by atoms with Crippen molar-refractivity contribution in [3.05, 3.63) is 69.5 Å². The molecule has 0 aliphatic rings. The molecular formula is C17H19ClFN. The van der Waals surface area contributed by atoms with Crippen LogP contribution in [0, 0.1) is 19.7 Å². The highest BCUT2D eigenvalue weighted by Crippen LogP contribution is 2.29. The van der Waals surface area contributed by atoms with Crippen LogP contribution < -0.4 is 5.32 Å². The minimum Gasteiger partial charge on any atom is -0.307 e. The number of aryl methyl sites for hydroxylation is 1. The van der Waals surface area contributed by atoms with E-state index in [1.165, 1.54) is 22.8 Å². The van der Waals surface area contributed by atoms with Gasteiger partial charge in [0.2, 0.25) is 0 Å². The van der Waals surface area contributed by atoms with E-state index >= 15 is 0 Å². The van der Waals surface area contributed by atoms with E-state index in [2.05, 4.69) is 38.2 Å². The first kappa shape index (κ1) is 15.0. The van der Waals surface area contributed by atoms with Crippen molar-refractivity contribution in [2.45, 2.75) is 26.8 Å². The highest BCUT2D eigenvalue weighted by Gasteiger charge is 2.17. The van der Waals surface area contributed by atoms with Crippen molar-refractivity contribution in [1.82, 2.24) is 5.32 Å². The molecule has 0 saturated heterocycles. The maximum absolute atomic E-state index is 13.3. The largest absolute Gasteiger partial charge is 0.307 e. The fourth-order valence-electron chi connectivity index (χ4n) is 2.39. The average Bonchev–Trinajstić information content (AvgIpc) is 2.43. The second-order valence-corrected chi connectivity index (χ2v) is 5.36. The molecule has 0 aliphatic carbocycles. The molecule has 3 heteroatoms. The zero-order valence-electron chi connectivity index (χ0n) is 12.0. The van der Waals surface area contributed by atoms with Gasteiger partial charge in [-0.15, -0.1) is 0 Å². The molecule has 20 heavy (non-hydrogen) atoms. The number of halogens is 2. The first-order valence-electron chi connectivity index (χ1n) is 6.79. The van der Waals surface area contributed by atoms with E-state index in [0.29, 0.717) is 0 Å². The molecule has 1 nitrogen and oxygen atoms in total. The van der Waals surface area contributed by atoms with Gasteiger partial charge in [-0.25, -0.2) is 4.39 Å². The molecule has 0 heterocycles. The van der Waals surface area contributed by atoms with Gasteiger partial charge in [0.05, 0.1) is 11.1 Å². The Morgan fingerprint density at radius 3 is 2.60 bits per heavy atom. The standard InChI is InChI=1S/C17H19ClFN/c1-4-20-17(13-8-9-16(19)15(18)10-13)14-7-5-6-11(2)12(14)3/h5-10,17,20H,4H2,1-3H3. The van der Waals surface area contributed by atoms with Crippen molar-refractivity contribution in [3.8, 4) is 0 Å². The third-order valence-electron chi connectivity index (χ3n) is 3.64. The van der Waals surface area contributed by atoms with Crippen LogP contribution in [0.1, 0.15) is 35.2 Å². The van der Waals surface area contributed by atoms with Crippen LogP contribution in [-0.2, 0) is 0 Å². The number of hydrogen-bond acceptors (Lipinski definition) is 1. The second-order valence-electron chi connectivity index (χ2n) is 4.95. The monoisotopic (exact) mass is 291 g/mol. The topological polar surface area (TPSA) is 12.0 Å². The van der Waals surface area contributed by atoms with Crippen molar-refractivity contribution >= 4 is 11.6 Å². The van der Waals surface area contributed by atoms with Crippen molar-refractivity contribution in [2.75, 3.05) is 6.54 Å². The second kappa shape index (κ2) is 6.38. The first-order valence-corrected chi connectivity index (χ1v) is 7.16. The third kappa shape index (κ3) is 3.02. The zero-order valence-corrected chi connectivity index (χ0v) is 12.8. The molecule has 0 radical (unpaired) electrons. The molecule has 0 aromatic heterocycles. The van der Waals surface area contributed by atoms with E-state index in [-0.39, 0.29) is 16.9 Å². The van der Waals surface area contributed by atoms with E-state index < -0.39 is 0 Å². The molecule has 0 amide bonds. The van der Waals surface area contributed by atoms with Crippen LogP contribution in [0.2, 0.25) is 5.02 Å². The molecule has 0 spiro atoms. The molecule has 0 aliphatic heterocycles. The quantitative estimate of drug-likeness (QED) is 0.853. The summed E-state index contributed by atoms with van der Waals surface area (Å²) in [6.45, 7) is 7.09. The molecule has 0 bridgehead atoms. The van der Waals surface area contributed by atoms with Gasteiger partial charge in [0.25, 0.3) is 0 Å². The minimum absolute atomic E-state index is 0.0259. The summed E-state index contributed by atoms with van der Waals surface area (Å²) < 4.78 is 13.3. The van der Waals surface area contributed by atoms with Gasteiger partial charge >= 0.3 is 0 Å².